The van der Waals surface area contributed by atoms with E-state index in [0.29, 0.717) is 44.7 Å². The topological polar surface area (TPSA) is 328 Å². The van der Waals surface area contributed by atoms with Crippen LogP contribution in [-0.2, 0) is 0 Å². The number of aliphatic hydroxyl groups excluding tert-OH is 1. The van der Waals surface area contributed by atoms with Gasteiger partial charge in [0.25, 0.3) is 0 Å². The second-order valence-electron chi connectivity index (χ2n) is 23.8. The molecule has 0 radical (unpaired) electrons. The molecule has 0 saturated carbocycles. The Morgan fingerprint density at radius 2 is 0.615 bits per heavy atom. The molecule has 21 nitrogen and oxygen atoms in total. The van der Waals surface area contributed by atoms with Crippen LogP contribution < -0.4 is 5.32 Å². The zero-order valence-electron chi connectivity index (χ0n) is 82.5. The van der Waals surface area contributed by atoms with Gasteiger partial charge in [-0.25, -0.2) is 15.0 Å². The maximum Gasteiger partial charge on any atom is 0.143 e. The molecule has 19 aromatic rings. The highest BCUT2D eigenvalue weighted by molar-refractivity contribution is 6.02. The van der Waals surface area contributed by atoms with E-state index in [1.54, 1.807) is 190 Å². The van der Waals surface area contributed by atoms with Crippen LogP contribution >= 0.6 is 0 Å². The molecule has 0 unspecified atom stereocenters. The van der Waals surface area contributed by atoms with Crippen molar-refractivity contribution in [3.05, 3.63) is 401 Å². The molecule has 9 N–H and O–H groups in total. The average Bonchev–Trinajstić information content (AvgIpc) is 0.530. The zero-order chi connectivity index (χ0) is 101. The molecule has 19 rings (SSSR count). The first-order chi connectivity index (χ1) is 66.4. The van der Waals surface area contributed by atoms with Crippen molar-refractivity contribution in [1.29, 1.82) is 0 Å². The highest BCUT2D eigenvalue weighted by Crippen LogP contribution is 2.27. The van der Waals surface area contributed by atoms with Gasteiger partial charge in [0.2, 0.25) is 0 Å². The number of allylic oxidation sites excluding steroid dienone is 1. The number of pyridine rings is 5. The first kappa shape index (κ1) is 121. The number of para-hydroxylation sites is 8. The molecule has 135 heavy (non-hydrogen) atoms. The third kappa shape index (κ3) is 47.4. The Morgan fingerprint density at radius 1 is 0.259 bits per heavy atom. The van der Waals surface area contributed by atoms with Crippen LogP contribution in [0.3, 0.4) is 0 Å². The lowest BCUT2D eigenvalue weighted by atomic mass is 10.1. The van der Waals surface area contributed by atoms with E-state index in [2.05, 4.69) is 157 Å². The van der Waals surface area contributed by atoms with Crippen molar-refractivity contribution in [3.63, 3.8) is 0 Å². The third-order valence-electron chi connectivity index (χ3n) is 15.8. The summed E-state index contributed by atoms with van der Waals surface area (Å²) in [5.41, 5.74) is 9.31. The number of hydrogen-bond acceptors (Lipinski definition) is 21. The maximum atomic E-state index is 9.52. The lowest BCUT2D eigenvalue weighted by molar-refractivity contribution is 0.399. The standard InChI is InChI=1S/C15H14N2O2.C12H8N2.C10H8N2.C10H8.C9H7NO.3C8H6N2O.C7H8.C6H6O.10C2H6.CH4O/c18-14-8-3-1-6-12(14)16-10-5-11-17-13-7-2-4-9-15(13)19;1-3-9-5-6-10-4-2-8-14-12(10)11(9)13-7-1;1-3-7-11-9(5-1)10-6-2-4-8-12-10;1-2-6-10-8-4-3-7-9(10)5-1;11-8-5-1-3-7-4-2-6-10-9(7)8;11-7-3-1-2-6-4-9-5-10-8(6)7;11-7-3-1-2-6-8(7)10-5-4-9-6;11-7-3-1-2-6-4-5-9-10-8(6)7;1-7-5-3-2-4-6-7;7-6-4-2-1-3-5-6;11*1-2/h1-11,16,18-19H;1-8H;1-8H;1-8H;1-6,11H;3*1-5,11H;2-6H,1H3;1-5,7H;10*1-2H3;2H,1H3/b10-5-,17-11?;;;;;;;;;;;;;;;;;;;;. The lowest BCUT2D eigenvalue weighted by Gasteiger charge is -2.01. The van der Waals surface area contributed by atoms with Crippen molar-refractivity contribution >= 4 is 93.9 Å². The molecule has 0 aliphatic rings. The number of benzene rings is 11. The Kier molecular flexibility index (Phi) is 72.8. The number of anilines is 1. The van der Waals surface area contributed by atoms with Crippen molar-refractivity contribution in [2.24, 2.45) is 4.99 Å². The van der Waals surface area contributed by atoms with Gasteiger partial charge in [-0.15, -0.1) is 5.10 Å². The van der Waals surface area contributed by atoms with Gasteiger partial charge in [-0.1, -0.05) is 350 Å². The number of phenolic OH excluding ortho intramolecular Hbond substituents is 7. The van der Waals surface area contributed by atoms with Gasteiger partial charge < -0.3 is 46.2 Å². The summed E-state index contributed by atoms with van der Waals surface area (Å²) in [5.74, 6) is 1.44. The second kappa shape index (κ2) is 81.2. The van der Waals surface area contributed by atoms with E-state index < -0.39 is 0 Å². The van der Waals surface area contributed by atoms with Gasteiger partial charge >= 0.3 is 0 Å². The van der Waals surface area contributed by atoms with E-state index in [9.17, 15) is 30.6 Å². The van der Waals surface area contributed by atoms with E-state index in [-0.39, 0.29) is 34.5 Å². The fourth-order valence-electron chi connectivity index (χ4n) is 10.3. The van der Waals surface area contributed by atoms with Gasteiger partial charge in [0.1, 0.15) is 74.3 Å². The summed E-state index contributed by atoms with van der Waals surface area (Å²) >= 11 is 0. The Hall–Kier alpha value is -16.0. The third-order valence-corrected chi connectivity index (χ3v) is 15.8. The molecule has 0 spiro atoms. The van der Waals surface area contributed by atoms with Crippen LogP contribution in [0.15, 0.2) is 401 Å². The van der Waals surface area contributed by atoms with Crippen molar-refractivity contribution in [1.82, 2.24) is 55.1 Å². The summed E-state index contributed by atoms with van der Waals surface area (Å²) < 4.78 is 0. The van der Waals surface area contributed by atoms with Crippen molar-refractivity contribution in [2.45, 2.75) is 145 Å². The number of aromatic nitrogens is 11. The van der Waals surface area contributed by atoms with Gasteiger partial charge in [-0.3, -0.25) is 34.9 Å². The SMILES string of the molecule is CC.CC.CC.CC.CC.CC.CC.CC.CC.CC.CO.Cc1ccccc1.Oc1cccc2cccnc12.Oc1cccc2ccnnc12.Oc1cccc2cncnc12.Oc1cccc2nccnc12.Oc1ccccc1.Oc1ccccc1N=C/C=C\Nc1ccccc1O.c1ccc(-c2ccccn2)nc1.c1ccc2ccccc2c1.c1cnc2c(c1)ccc1cccnc12. The second-order valence-corrected chi connectivity index (χ2v) is 23.8. The van der Waals surface area contributed by atoms with Crippen LogP contribution in [0.5, 0.6) is 40.2 Å². The molecule has 11 aromatic carbocycles. The summed E-state index contributed by atoms with van der Waals surface area (Å²) in [4.78, 5) is 40.9. The largest absolute Gasteiger partial charge is 0.508 e. The first-order valence-corrected chi connectivity index (χ1v) is 45.7. The molecule has 8 heterocycles. The molecular formula is C114H141N13O8. The molecule has 21 heteroatoms. The van der Waals surface area contributed by atoms with Crippen LogP contribution in [0, 0.1) is 6.92 Å². The highest BCUT2D eigenvalue weighted by Gasteiger charge is 2.04. The van der Waals surface area contributed by atoms with Crippen LogP contribution in [0.25, 0.3) is 87.7 Å². The number of phenols is 7. The normalized spacial score (nSPS) is 9.00. The van der Waals surface area contributed by atoms with Crippen molar-refractivity contribution in [3.8, 4) is 51.6 Å². The van der Waals surface area contributed by atoms with Crippen LogP contribution in [-0.4, -0.2) is 109 Å². The number of fused-ring (bicyclic) bond motifs is 8. The fourth-order valence-corrected chi connectivity index (χ4v) is 10.3. The monoisotopic (exact) mass is 1820 g/mol. The minimum atomic E-state index is 0.140. The number of nitrogens with zero attached hydrogens (tertiary/aromatic N) is 12. The molecule has 0 aliphatic carbocycles. The number of hydrogen-bond donors (Lipinski definition) is 9. The quantitative estimate of drug-likeness (QED) is 0.0439. The molecule has 0 bridgehead atoms. The summed E-state index contributed by atoms with van der Waals surface area (Å²) in [6.45, 7) is 42.1. The first-order valence-electron chi connectivity index (χ1n) is 45.7. The number of rotatable bonds is 5. The fraction of sp³-hybridized carbons (Fsp3) is 0.193. The minimum absolute atomic E-state index is 0.140. The number of aromatic hydroxyl groups is 7. The Balaban J connectivity index is 0. The van der Waals surface area contributed by atoms with Crippen LogP contribution in [0.2, 0.25) is 0 Å². The average molecular weight is 1820 g/mol. The Morgan fingerprint density at radius 3 is 1.04 bits per heavy atom. The molecule has 0 aliphatic heterocycles. The van der Waals surface area contributed by atoms with Gasteiger partial charge in [0.05, 0.1) is 39.8 Å². The van der Waals surface area contributed by atoms with Crippen LogP contribution in [0.4, 0.5) is 11.4 Å². The lowest BCUT2D eigenvalue weighted by Crippen LogP contribution is -1.87. The zero-order valence-corrected chi connectivity index (χ0v) is 82.5. The summed E-state index contributed by atoms with van der Waals surface area (Å²) in [5, 5.41) is 89.8. The molecular weight excluding hydrogens is 1680 g/mol. The Labute approximate surface area is 801 Å². The van der Waals surface area contributed by atoms with Gasteiger partial charge in [0.15, 0.2) is 0 Å². The molecule has 0 fully saturated rings. The van der Waals surface area contributed by atoms with E-state index >= 15 is 0 Å². The Bertz CT molecular complexity index is 5630. The van der Waals surface area contributed by atoms with E-state index in [1.807, 2.05) is 260 Å². The predicted molar refractivity (Wildman–Crippen MR) is 574 cm³/mol. The number of aliphatic imine (C=N–C) groups is 1. The summed E-state index contributed by atoms with van der Waals surface area (Å²) in [6, 6.07) is 99.8. The number of nitrogens with one attached hydrogen (secondary N) is 1. The van der Waals surface area contributed by atoms with E-state index in [4.69, 9.17) is 10.2 Å². The molecule has 0 amide bonds. The predicted octanol–water partition coefficient (Wildman–Crippen LogP) is 30.4. The highest BCUT2D eigenvalue weighted by atomic mass is 16.3. The maximum absolute atomic E-state index is 9.52. The molecule has 710 valence electrons. The molecule has 0 atom stereocenters. The molecule has 0 saturated heterocycles. The van der Waals surface area contributed by atoms with Gasteiger partial charge in [-0.2, -0.15) is 5.10 Å². The van der Waals surface area contributed by atoms with Crippen molar-refractivity contribution < 1.29 is 40.9 Å². The van der Waals surface area contributed by atoms with Gasteiger partial charge in [-0.05, 0) is 139 Å². The minimum Gasteiger partial charge on any atom is -0.508 e. The van der Waals surface area contributed by atoms with Crippen molar-refractivity contribution in [2.75, 3.05) is 12.4 Å². The van der Waals surface area contributed by atoms with Gasteiger partial charge in [0, 0.05) is 96.0 Å². The summed E-state index contributed by atoms with van der Waals surface area (Å²) in [7, 11) is 1.00. The van der Waals surface area contributed by atoms with E-state index in [1.165, 1.54) is 22.7 Å². The summed E-state index contributed by atoms with van der Waals surface area (Å²) in [6.07, 6.45) is 21.5. The molecule has 8 aromatic heterocycles. The smallest absolute Gasteiger partial charge is 0.143 e. The van der Waals surface area contributed by atoms with Crippen LogP contribution in [0.1, 0.15) is 144 Å². The van der Waals surface area contributed by atoms with E-state index in [0.717, 1.165) is 56.5 Å². The number of aryl methyl sites for hydroxylation is 1. The number of aliphatic hydroxyl groups is 1.